The number of fused-ring (bicyclic) bond motifs is 1. The Labute approximate surface area is 89.3 Å². The van der Waals surface area contributed by atoms with Crippen LogP contribution in [0.2, 0.25) is 0 Å². The van der Waals surface area contributed by atoms with Crippen LogP contribution in [0, 0.1) is 17.8 Å². The number of aliphatic carboxylic acids is 1. The molecule has 4 nitrogen and oxygen atoms in total. The molecule has 0 aromatic heterocycles. The summed E-state index contributed by atoms with van der Waals surface area (Å²) < 4.78 is 0. The lowest BCUT2D eigenvalue weighted by atomic mass is 10.0. The van der Waals surface area contributed by atoms with Crippen molar-refractivity contribution in [1.82, 2.24) is 4.90 Å². The minimum absolute atomic E-state index is 0.0482. The molecule has 1 N–H and O–H groups in total. The number of amides is 1. The van der Waals surface area contributed by atoms with Crippen molar-refractivity contribution >= 4 is 11.9 Å². The Morgan fingerprint density at radius 2 is 1.87 bits per heavy atom. The van der Waals surface area contributed by atoms with Gasteiger partial charge in [0.2, 0.25) is 5.91 Å². The minimum Gasteiger partial charge on any atom is -0.480 e. The molecule has 0 saturated heterocycles. The first kappa shape index (κ1) is 10.5. The van der Waals surface area contributed by atoms with E-state index in [0.717, 1.165) is 24.7 Å². The third-order valence-corrected chi connectivity index (χ3v) is 3.61. The quantitative estimate of drug-likeness (QED) is 0.753. The standard InChI is InChI=1S/C11H17NO3/c1-2-12(6-10(13)14)11(15)9-4-7-3-8(7)5-9/h7-9H,2-6H2,1H3,(H,13,14). The first-order valence-corrected chi connectivity index (χ1v) is 5.62. The summed E-state index contributed by atoms with van der Waals surface area (Å²) in [5.41, 5.74) is 0. The summed E-state index contributed by atoms with van der Waals surface area (Å²) in [5, 5.41) is 8.67. The second-order valence-electron chi connectivity index (χ2n) is 4.67. The summed E-state index contributed by atoms with van der Waals surface area (Å²) in [4.78, 5) is 24.0. The van der Waals surface area contributed by atoms with Gasteiger partial charge in [-0.15, -0.1) is 0 Å². The van der Waals surface area contributed by atoms with E-state index in [-0.39, 0.29) is 18.4 Å². The van der Waals surface area contributed by atoms with Crippen molar-refractivity contribution in [2.75, 3.05) is 13.1 Å². The summed E-state index contributed by atoms with van der Waals surface area (Å²) in [6.45, 7) is 2.18. The molecule has 0 aromatic carbocycles. The fourth-order valence-electron chi connectivity index (χ4n) is 2.68. The number of carbonyl (C=O) groups is 2. The number of hydrogen-bond acceptors (Lipinski definition) is 2. The lowest BCUT2D eigenvalue weighted by Crippen LogP contribution is -2.39. The highest BCUT2D eigenvalue weighted by Crippen LogP contribution is 2.54. The van der Waals surface area contributed by atoms with Gasteiger partial charge in [0.15, 0.2) is 0 Å². The molecule has 2 aliphatic carbocycles. The predicted octanol–water partition coefficient (Wildman–Crippen LogP) is 0.966. The van der Waals surface area contributed by atoms with Crippen molar-refractivity contribution in [3.05, 3.63) is 0 Å². The Kier molecular flexibility index (Phi) is 2.67. The molecule has 0 spiro atoms. The van der Waals surface area contributed by atoms with Crippen LogP contribution in [-0.2, 0) is 9.59 Å². The minimum atomic E-state index is -0.923. The van der Waals surface area contributed by atoms with Crippen molar-refractivity contribution in [2.45, 2.75) is 26.2 Å². The summed E-state index contributed by atoms with van der Waals surface area (Å²) in [5.74, 6) is 0.762. The van der Waals surface area contributed by atoms with Crippen molar-refractivity contribution in [2.24, 2.45) is 17.8 Å². The fourth-order valence-corrected chi connectivity index (χ4v) is 2.68. The van der Waals surface area contributed by atoms with Crippen LogP contribution in [0.4, 0.5) is 0 Å². The molecule has 2 atom stereocenters. The highest BCUT2D eigenvalue weighted by atomic mass is 16.4. The average molecular weight is 211 g/mol. The van der Waals surface area contributed by atoms with Crippen LogP contribution in [-0.4, -0.2) is 35.0 Å². The molecule has 2 aliphatic rings. The number of carboxylic acid groups (broad SMARTS) is 1. The van der Waals surface area contributed by atoms with Crippen LogP contribution in [0.3, 0.4) is 0 Å². The molecule has 2 fully saturated rings. The molecule has 84 valence electrons. The van der Waals surface area contributed by atoms with Gasteiger partial charge >= 0.3 is 5.97 Å². The highest BCUT2D eigenvalue weighted by molar-refractivity contribution is 5.83. The van der Waals surface area contributed by atoms with Gasteiger partial charge in [-0.3, -0.25) is 9.59 Å². The van der Waals surface area contributed by atoms with Gasteiger partial charge in [-0.2, -0.15) is 0 Å². The van der Waals surface area contributed by atoms with E-state index < -0.39 is 5.97 Å². The predicted molar refractivity (Wildman–Crippen MR) is 54.2 cm³/mol. The molecular weight excluding hydrogens is 194 g/mol. The maximum Gasteiger partial charge on any atom is 0.323 e. The first-order chi connectivity index (χ1) is 7.11. The highest BCUT2D eigenvalue weighted by Gasteiger charge is 2.48. The van der Waals surface area contributed by atoms with E-state index in [0.29, 0.717) is 6.54 Å². The molecule has 4 heteroatoms. The Hall–Kier alpha value is -1.06. The average Bonchev–Trinajstić information content (AvgIpc) is 2.81. The van der Waals surface area contributed by atoms with E-state index in [2.05, 4.69) is 0 Å². The van der Waals surface area contributed by atoms with Gasteiger partial charge in [0.05, 0.1) is 0 Å². The van der Waals surface area contributed by atoms with E-state index in [1.807, 2.05) is 6.92 Å². The van der Waals surface area contributed by atoms with Crippen LogP contribution in [0.15, 0.2) is 0 Å². The van der Waals surface area contributed by atoms with Crippen molar-refractivity contribution in [3.63, 3.8) is 0 Å². The van der Waals surface area contributed by atoms with Crippen molar-refractivity contribution in [3.8, 4) is 0 Å². The van der Waals surface area contributed by atoms with Crippen molar-refractivity contribution in [1.29, 1.82) is 0 Å². The van der Waals surface area contributed by atoms with Gasteiger partial charge in [0, 0.05) is 12.5 Å². The lowest BCUT2D eigenvalue weighted by molar-refractivity contribution is -0.146. The summed E-state index contributed by atoms with van der Waals surface area (Å²) in [6.07, 6.45) is 3.26. The number of nitrogens with zero attached hydrogens (tertiary/aromatic N) is 1. The largest absolute Gasteiger partial charge is 0.480 e. The van der Waals surface area contributed by atoms with E-state index >= 15 is 0 Å². The topological polar surface area (TPSA) is 57.6 Å². The Morgan fingerprint density at radius 1 is 1.27 bits per heavy atom. The number of hydrogen-bond donors (Lipinski definition) is 1. The Bertz CT molecular complexity index is 280. The van der Waals surface area contributed by atoms with E-state index in [9.17, 15) is 9.59 Å². The molecule has 2 saturated carbocycles. The number of carbonyl (C=O) groups excluding carboxylic acids is 1. The molecule has 1 amide bonds. The summed E-state index contributed by atoms with van der Waals surface area (Å²) >= 11 is 0. The second-order valence-corrected chi connectivity index (χ2v) is 4.67. The van der Waals surface area contributed by atoms with Crippen LogP contribution in [0.1, 0.15) is 26.2 Å². The Morgan fingerprint density at radius 3 is 2.33 bits per heavy atom. The van der Waals surface area contributed by atoms with Gasteiger partial charge in [-0.25, -0.2) is 0 Å². The molecule has 0 aliphatic heterocycles. The monoisotopic (exact) mass is 211 g/mol. The molecular formula is C11H17NO3. The van der Waals surface area contributed by atoms with E-state index in [1.54, 1.807) is 0 Å². The van der Waals surface area contributed by atoms with Crippen LogP contribution in [0.25, 0.3) is 0 Å². The Balaban J connectivity index is 1.89. The summed E-state index contributed by atoms with van der Waals surface area (Å²) in [7, 11) is 0. The van der Waals surface area contributed by atoms with E-state index in [1.165, 1.54) is 11.3 Å². The fraction of sp³-hybridized carbons (Fsp3) is 0.818. The molecule has 0 aromatic rings. The number of likely N-dealkylation sites (N-methyl/N-ethyl adjacent to an activating group) is 1. The molecule has 2 rings (SSSR count). The molecule has 2 unspecified atom stereocenters. The third kappa shape index (κ3) is 2.13. The van der Waals surface area contributed by atoms with Gasteiger partial charge in [-0.05, 0) is 38.0 Å². The van der Waals surface area contributed by atoms with Gasteiger partial charge in [0.25, 0.3) is 0 Å². The SMILES string of the molecule is CCN(CC(=O)O)C(=O)C1CC2CC2C1. The van der Waals surface area contributed by atoms with Crippen LogP contribution >= 0.6 is 0 Å². The zero-order valence-electron chi connectivity index (χ0n) is 8.98. The smallest absolute Gasteiger partial charge is 0.323 e. The molecule has 0 bridgehead atoms. The number of carboxylic acids is 1. The van der Waals surface area contributed by atoms with Crippen molar-refractivity contribution < 1.29 is 14.7 Å². The molecule has 15 heavy (non-hydrogen) atoms. The van der Waals surface area contributed by atoms with Gasteiger partial charge in [-0.1, -0.05) is 0 Å². The van der Waals surface area contributed by atoms with E-state index in [4.69, 9.17) is 5.11 Å². The normalized spacial score (nSPS) is 32.2. The first-order valence-electron chi connectivity index (χ1n) is 5.62. The zero-order valence-corrected chi connectivity index (χ0v) is 8.98. The van der Waals surface area contributed by atoms with Gasteiger partial charge < -0.3 is 10.0 Å². The van der Waals surface area contributed by atoms with Gasteiger partial charge in [0.1, 0.15) is 6.54 Å². The maximum absolute atomic E-state index is 11.9. The van der Waals surface area contributed by atoms with Crippen LogP contribution < -0.4 is 0 Å². The second kappa shape index (κ2) is 3.83. The number of rotatable bonds is 4. The maximum atomic E-state index is 11.9. The third-order valence-electron chi connectivity index (χ3n) is 3.61. The van der Waals surface area contributed by atoms with Crippen LogP contribution in [0.5, 0.6) is 0 Å². The summed E-state index contributed by atoms with van der Waals surface area (Å²) in [6, 6.07) is 0. The lowest BCUT2D eigenvalue weighted by Gasteiger charge is -2.22. The molecule has 0 radical (unpaired) electrons. The zero-order chi connectivity index (χ0) is 11.0. The molecule has 0 heterocycles.